The summed E-state index contributed by atoms with van der Waals surface area (Å²) < 4.78 is 26.8. The summed E-state index contributed by atoms with van der Waals surface area (Å²) in [5, 5.41) is 0. The van der Waals surface area contributed by atoms with Gasteiger partial charge in [-0.1, -0.05) is 6.07 Å². The second-order valence-electron chi connectivity index (χ2n) is 2.12. The second-order valence-corrected chi connectivity index (χ2v) is 6.02. The molecular formula is C7H7BrO3S. The molecule has 66 valence electrons. The average molecular weight is 251 g/mol. The molecule has 5 heteroatoms. The van der Waals surface area contributed by atoms with E-state index in [0.29, 0.717) is 5.75 Å². The Bertz CT molecular complexity index is 372. The highest BCUT2D eigenvalue weighted by atomic mass is 79.9. The quantitative estimate of drug-likeness (QED) is 0.752. The molecule has 1 aromatic rings. The lowest BCUT2D eigenvalue weighted by Gasteiger charge is -2.00. The van der Waals surface area contributed by atoms with Crippen LogP contribution in [0.2, 0.25) is 0 Å². The van der Waals surface area contributed by atoms with Crippen molar-refractivity contribution in [2.45, 2.75) is 4.90 Å². The summed E-state index contributed by atoms with van der Waals surface area (Å²) in [4.78, 5) is 0.196. The molecule has 0 aliphatic rings. The van der Waals surface area contributed by atoms with Gasteiger partial charge in [0.2, 0.25) is 8.27 Å². The summed E-state index contributed by atoms with van der Waals surface area (Å²) in [5.74, 6) is 0.524. The number of methoxy groups -OCH3 is 1. The van der Waals surface area contributed by atoms with E-state index in [1.165, 1.54) is 19.2 Å². The van der Waals surface area contributed by atoms with E-state index >= 15 is 0 Å². The van der Waals surface area contributed by atoms with Crippen molar-refractivity contribution >= 4 is 23.1 Å². The van der Waals surface area contributed by atoms with Crippen LogP contribution in [-0.2, 0) is 8.27 Å². The van der Waals surface area contributed by atoms with Crippen LogP contribution >= 0.6 is 14.8 Å². The zero-order chi connectivity index (χ0) is 9.19. The van der Waals surface area contributed by atoms with E-state index in [9.17, 15) is 8.42 Å². The SMILES string of the molecule is COc1cccc(S(=O)(=O)Br)c1. The zero-order valence-electron chi connectivity index (χ0n) is 6.32. The zero-order valence-corrected chi connectivity index (χ0v) is 8.72. The topological polar surface area (TPSA) is 43.4 Å². The highest BCUT2D eigenvalue weighted by Gasteiger charge is 2.08. The number of hydrogen-bond acceptors (Lipinski definition) is 3. The van der Waals surface area contributed by atoms with Crippen LogP contribution in [0.15, 0.2) is 29.2 Å². The van der Waals surface area contributed by atoms with Gasteiger partial charge in [-0.25, -0.2) is 8.42 Å². The normalized spacial score (nSPS) is 11.2. The molecule has 0 atom stereocenters. The largest absolute Gasteiger partial charge is 0.497 e. The van der Waals surface area contributed by atoms with Gasteiger partial charge in [-0.3, -0.25) is 0 Å². The van der Waals surface area contributed by atoms with E-state index < -0.39 is 8.27 Å². The van der Waals surface area contributed by atoms with E-state index in [2.05, 4.69) is 14.8 Å². The summed E-state index contributed by atoms with van der Waals surface area (Å²) >= 11 is 2.57. The Kier molecular flexibility index (Phi) is 2.74. The fourth-order valence-electron chi connectivity index (χ4n) is 0.753. The molecule has 0 amide bonds. The lowest BCUT2D eigenvalue weighted by atomic mass is 10.3. The van der Waals surface area contributed by atoms with Crippen molar-refractivity contribution < 1.29 is 13.2 Å². The van der Waals surface area contributed by atoms with Crippen molar-refractivity contribution in [1.82, 2.24) is 0 Å². The van der Waals surface area contributed by atoms with Gasteiger partial charge in [-0.15, -0.1) is 0 Å². The van der Waals surface area contributed by atoms with Gasteiger partial charge in [0.1, 0.15) is 5.75 Å². The Balaban J connectivity index is 3.20. The van der Waals surface area contributed by atoms with Crippen LogP contribution in [0.25, 0.3) is 0 Å². The minimum Gasteiger partial charge on any atom is -0.497 e. The third kappa shape index (κ3) is 2.22. The van der Waals surface area contributed by atoms with Crippen molar-refractivity contribution in [1.29, 1.82) is 0 Å². The molecule has 0 aliphatic carbocycles. The third-order valence-electron chi connectivity index (χ3n) is 1.32. The smallest absolute Gasteiger partial charge is 0.237 e. The molecule has 1 aromatic carbocycles. The van der Waals surface area contributed by atoms with E-state index in [-0.39, 0.29) is 4.90 Å². The number of benzene rings is 1. The Hall–Kier alpha value is -0.550. The van der Waals surface area contributed by atoms with Crippen molar-refractivity contribution in [2.75, 3.05) is 7.11 Å². The summed E-state index contributed by atoms with van der Waals surface area (Å²) in [6, 6.07) is 6.24. The van der Waals surface area contributed by atoms with Crippen LogP contribution in [0.5, 0.6) is 5.75 Å². The van der Waals surface area contributed by atoms with Crippen LogP contribution < -0.4 is 4.74 Å². The van der Waals surface area contributed by atoms with Gasteiger partial charge < -0.3 is 4.74 Å². The molecule has 1 rings (SSSR count). The molecule has 0 N–H and O–H groups in total. The van der Waals surface area contributed by atoms with Crippen LogP contribution in [0.1, 0.15) is 0 Å². The molecule has 3 nitrogen and oxygen atoms in total. The molecule has 0 radical (unpaired) electrons. The first-order chi connectivity index (χ1) is 5.54. The first-order valence-electron chi connectivity index (χ1n) is 3.13. The number of ether oxygens (including phenoxy) is 1. The molecule has 0 unspecified atom stereocenters. The minimum absolute atomic E-state index is 0.196. The van der Waals surface area contributed by atoms with Gasteiger partial charge in [0, 0.05) is 0 Å². The van der Waals surface area contributed by atoms with E-state index in [4.69, 9.17) is 4.74 Å². The lowest BCUT2D eigenvalue weighted by Crippen LogP contribution is -1.90. The number of hydrogen-bond donors (Lipinski definition) is 0. The fraction of sp³-hybridized carbons (Fsp3) is 0.143. The van der Waals surface area contributed by atoms with E-state index in [0.717, 1.165) is 0 Å². The van der Waals surface area contributed by atoms with E-state index in [1.54, 1.807) is 12.1 Å². The summed E-state index contributed by atoms with van der Waals surface area (Å²) in [7, 11) is -1.82. The van der Waals surface area contributed by atoms with Gasteiger partial charge in [-0.05, 0) is 18.2 Å². The predicted octanol–water partition coefficient (Wildman–Crippen LogP) is 1.78. The maximum absolute atomic E-state index is 11.0. The molecule has 0 aliphatic heterocycles. The minimum atomic E-state index is -3.30. The summed E-state index contributed by atoms with van der Waals surface area (Å²) in [6.45, 7) is 0. The monoisotopic (exact) mass is 250 g/mol. The third-order valence-corrected chi connectivity index (χ3v) is 3.26. The van der Waals surface area contributed by atoms with Gasteiger partial charge >= 0.3 is 0 Å². The highest BCUT2D eigenvalue weighted by molar-refractivity contribution is 9.47. The predicted molar refractivity (Wildman–Crippen MR) is 49.1 cm³/mol. The average Bonchev–Trinajstić information content (AvgIpc) is 2.03. The number of rotatable bonds is 2. The van der Waals surface area contributed by atoms with Gasteiger partial charge in [0.15, 0.2) is 0 Å². The first kappa shape index (κ1) is 9.54. The molecule has 0 fully saturated rings. The van der Waals surface area contributed by atoms with Crippen molar-refractivity contribution in [3.05, 3.63) is 24.3 Å². The van der Waals surface area contributed by atoms with Crippen molar-refractivity contribution in [3.8, 4) is 5.75 Å². The van der Waals surface area contributed by atoms with Crippen LogP contribution in [-0.4, -0.2) is 15.5 Å². The molecule has 0 saturated heterocycles. The Morgan fingerprint density at radius 2 is 2.08 bits per heavy atom. The molecule has 12 heavy (non-hydrogen) atoms. The second kappa shape index (κ2) is 3.45. The first-order valence-corrected chi connectivity index (χ1v) is 6.45. The molecule has 0 spiro atoms. The molecule has 0 aromatic heterocycles. The molecule has 0 bridgehead atoms. The Labute approximate surface area is 78.5 Å². The molecular weight excluding hydrogens is 244 g/mol. The van der Waals surface area contributed by atoms with Crippen LogP contribution in [0.3, 0.4) is 0 Å². The van der Waals surface area contributed by atoms with Crippen molar-refractivity contribution in [3.63, 3.8) is 0 Å². The Morgan fingerprint density at radius 1 is 1.42 bits per heavy atom. The lowest BCUT2D eigenvalue weighted by molar-refractivity contribution is 0.413. The highest BCUT2D eigenvalue weighted by Crippen LogP contribution is 2.21. The van der Waals surface area contributed by atoms with Gasteiger partial charge in [-0.2, -0.15) is 0 Å². The maximum Gasteiger partial charge on any atom is 0.237 e. The van der Waals surface area contributed by atoms with Crippen LogP contribution in [0.4, 0.5) is 0 Å². The van der Waals surface area contributed by atoms with Gasteiger partial charge in [0.05, 0.1) is 26.8 Å². The summed E-state index contributed by atoms with van der Waals surface area (Å²) in [6.07, 6.45) is 0. The van der Waals surface area contributed by atoms with E-state index in [1.807, 2.05) is 0 Å². The maximum atomic E-state index is 11.0. The number of halogens is 1. The summed E-state index contributed by atoms with van der Waals surface area (Å²) in [5.41, 5.74) is 0. The Morgan fingerprint density at radius 3 is 2.58 bits per heavy atom. The molecule has 0 heterocycles. The fourth-order valence-corrected chi connectivity index (χ4v) is 1.85. The van der Waals surface area contributed by atoms with Gasteiger partial charge in [0.25, 0.3) is 0 Å². The van der Waals surface area contributed by atoms with Crippen LogP contribution in [0, 0.1) is 0 Å². The molecule has 0 saturated carbocycles. The van der Waals surface area contributed by atoms with Crippen molar-refractivity contribution in [2.24, 2.45) is 0 Å². The standard InChI is InChI=1S/C7H7BrO3S/c1-11-6-3-2-4-7(5-6)12(8,9)10/h2-5H,1H3.